The van der Waals surface area contributed by atoms with Gasteiger partial charge in [0.25, 0.3) is 0 Å². The molecule has 0 saturated carbocycles. The molecule has 1 aromatic heterocycles. The molecule has 0 aliphatic carbocycles. The third kappa shape index (κ3) is 1.41. The fourth-order valence-corrected chi connectivity index (χ4v) is 1.36. The Morgan fingerprint density at radius 2 is 1.93 bits per heavy atom. The summed E-state index contributed by atoms with van der Waals surface area (Å²) in [6.45, 7) is 0. The van der Waals surface area contributed by atoms with Crippen molar-refractivity contribution >= 4 is 10.9 Å². The van der Waals surface area contributed by atoms with E-state index < -0.39 is 6.29 Å². The molecule has 4 heteroatoms. The van der Waals surface area contributed by atoms with E-state index in [1.165, 1.54) is 6.07 Å². The molecule has 4 nitrogen and oxygen atoms in total. The van der Waals surface area contributed by atoms with Gasteiger partial charge < -0.3 is 15.2 Å². The van der Waals surface area contributed by atoms with Gasteiger partial charge in [-0.25, -0.2) is 0 Å². The number of aromatic amines is 1. The molecule has 0 aliphatic heterocycles. The van der Waals surface area contributed by atoms with Crippen molar-refractivity contribution in [3.8, 4) is 0 Å². The van der Waals surface area contributed by atoms with E-state index in [4.69, 9.17) is 10.2 Å². The van der Waals surface area contributed by atoms with Gasteiger partial charge in [0.05, 0.1) is 5.69 Å². The molecule has 0 spiro atoms. The molecule has 1 heterocycles. The lowest BCUT2D eigenvalue weighted by molar-refractivity contribution is -0.0456. The first kappa shape index (κ1) is 8.93. The normalized spacial score (nSPS) is 11.1. The van der Waals surface area contributed by atoms with Gasteiger partial charge in [-0.3, -0.25) is 4.79 Å². The van der Waals surface area contributed by atoms with E-state index in [2.05, 4.69) is 4.98 Å². The molecule has 2 aromatic rings. The van der Waals surface area contributed by atoms with Crippen LogP contribution in [0.25, 0.3) is 10.9 Å². The zero-order valence-electron chi connectivity index (χ0n) is 7.27. The molecule has 0 amide bonds. The van der Waals surface area contributed by atoms with Crippen LogP contribution >= 0.6 is 0 Å². The fourth-order valence-electron chi connectivity index (χ4n) is 1.36. The first-order valence-corrected chi connectivity index (χ1v) is 4.16. The second-order valence-corrected chi connectivity index (χ2v) is 3.01. The number of para-hydroxylation sites is 1. The van der Waals surface area contributed by atoms with Crippen molar-refractivity contribution in [2.75, 3.05) is 0 Å². The largest absolute Gasteiger partial charge is 0.363 e. The van der Waals surface area contributed by atoms with Crippen LogP contribution in [0, 0.1) is 0 Å². The van der Waals surface area contributed by atoms with Crippen LogP contribution in [0.15, 0.2) is 35.1 Å². The number of fused-ring (bicyclic) bond motifs is 1. The van der Waals surface area contributed by atoms with E-state index in [9.17, 15) is 4.79 Å². The van der Waals surface area contributed by atoms with Crippen molar-refractivity contribution in [2.24, 2.45) is 0 Å². The Balaban J connectivity index is 2.79. The molecular formula is C10H9NO3. The van der Waals surface area contributed by atoms with Crippen LogP contribution in [0.4, 0.5) is 0 Å². The summed E-state index contributed by atoms with van der Waals surface area (Å²) in [6, 6.07) is 8.11. The van der Waals surface area contributed by atoms with E-state index in [0.29, 0.717) is 10.9 Å². The summed E-state index contributed by atoms with van der Waals surface area (Å²) < 4.78 is 0. The lowest BCUT2D eigenvalue weighted by Crippen LogP contribution is -2.08. The highest BCUT2D eigenvalue weighted by atomic mass is 16.5. The highest BCUT2D eigenvalue weighted by Gasteiger charge is 2.06. The van der Waals surface area contributed by atoms with E-state index >= 15 is 0 Å². The summed E-state index contributed by atoms with van der Waals surface area (Å²) in [5.74, 6) is 0. The van der Waals surface area contributed by atoms with Crippen LogP contribution in [-0.2, 0) is 0 Å². The van der Waals surface area contributed by atoms with E-state index in [0.717, 1.165) is 0 Å². The quantitative estimate of drug-likeness (QED) is 0.575. The van der Waals surface area contributed by atoms with Gasteiger partial charge in [0, 0.05) is 17.0 Å². The molecule has 1 aromatic carbocycles. The van der Waals surface area contributed by atoms with Crippen molar-refractivity contribution in [2.45, 2.75) is 6.29 Å². The smallest absolute Gasteiger partial charge is 0.194 e. The summed E-state index contributed by atoms with van der Waals surface area (Å²) in [7, 11) is 0. The fraction of sp³-hybridized carbons (Fsp3) is 0.100. The molecular weight excluding hydrogens is 182 g/mol. The Kier molecular flexibility index (Phi) is 2.07. The summed E-state index contributed by atoms with van der Waals surface area (Å²) >= 11 is 0. The van der Waals surface area contributed by atoms with Gasteiger partial charge in [-0.05, 0) is 12.1 Å². The van der Waals surface area contributed by atoms with Crippen molar-refractivity contribution < 1.29 is 10.2 Å². The van der Waals surface area contributed by atoms with E-state index in [1.807, 2.05) is 0 Å². The van der Waals surface area contributed by atoms with E-state index in [1.54, 1.807) is 24.3 Å². The average Bonchev–Trinajstić information content (AvgIpc) is 2.17. The number of benzene rings is 1. The number of aliphatic hydroxyl groups excluding tert-OH is 1. The minimum absolute atomic E-state index is 0.105. The maximum absolute atomic E-state index is 11.5. The predicted octanol–water partition coefficient (Wildman–Crippen LogP) is 0.511. The van der Waals surface area contributed by atoms with Gasteiger partial charge in [-0.15, -0.1) is 0 Å². The van der Waals surface area contributed by atoms with Gasteiger partial charge in [0.1, 0.15) is 0 Å². The first-order valence-electron chi connectivity index (χ1n) is 4.16. The van der Waals surface area contributed by atoms with Crippen LogP contribution in [0.3, 0.4) is 0 Å². The number of H-pyrrole nitrogens is 1. The lowest BCUT2D eigenvalue weighted by atomic mass is 10.2. The van der Waals surface area contributed by atoms with Gasteiger partial charge in [-0.2, -0.15) is 0 Å². The van der Waals surface area contributed by atoms with Gasteiger partial charge in [-0.1, -0.05) is 12.1 Å². The Morgan fingerprint density at radius 1 is 1.21 bits per heavy atom. The molecule has 0 bridgehead atoms. The highest BCUT2D eigenvalue weighted by Crippen LogP contribution is 2.10. The molecule has 0 fully saturated rings. The second-order valence-electron chi connectivity index (χ2n) is 3.01. The first-order chi connectivity index (χ1) is 6.68. The number of hydrogen-bond acceptors (Lipinski definition) is 3. The van der Waals surface area contributed by atoms with Gasteiger partial charge in [0.15, 0.2) is 11.7 Å². The maximum atomic E-state index is 11.5. The topological polar surface area (TPSA) is 73.3 Å². The minimum Gasteiger partial charge on any atom is -0.363 e. The molecule has 3 N–H and O–H groups in total. The van der Waals surface area contributed by atoms with Gasteiger partial charge in [0.2, 0.25) is 0 Å². The van der Waals surface area contributed by atoms with Gasteiger partial charge >= 0.3 is 0 Å². The van der Waals surface area contributed by atoms with Crippen LogP contribution in [0.1, 0.15) is 12.0 Å². The number of aromatic nitrogens is 1. The number of aliphatic hydroxyl groups is 2. The highest BCUT2D eigenvalue weighted by molar-refractivity contribution is 5.78. The third-order valence-electron chi connectivity index (χ3n) is 2.04. The third-order valence-corrected chi connectivity index (χ3v) is 2.04. The lowest BCUT2D eigenvalue weighted by Gasteiger charge is -2.05. The Hall–Kier alpha value is -1.65. The summed E-state index contributed by atoms with van der Waals surface area (Å²) in [5.41, 5.74) is 0.485. The summed E-state index contributed by atoms with van der Waals surface area (Å²) in [6.07, 6.45) is -1.65. The average molecular weight is 191 g/mol. The summed E-state index contributed by atoms with van der Waals surface area (Å²) in [5, 5.41) is 18.3. The van der Waals surface area contributed by atoms with Crippen molar-refractivity contribution in [3.05, 3.63) is 46.2 Å². The van der Waals surface area contributed by atoms with Crippen LogP contribution in [0.5, 0.6) is 0 Å². The Labute approximate surface area is 79.4 Å². The summed E-state index contributed by atoms with van der Waals surface area (Å²) in [4.78, 5) is 14.2. The second kappa shape index (κ2) is 3.25. The van der Waals surface area contributed by atoms with Crippen molar-refractivity contribution in [1.82, 2.24) is 4.98 Å². The molecule has 0 atom stereocenters. The molecule has 14 heavy (non-hydrogen) atoms. The van der Waals surface area contributed by atoms with Crippen molar-refractivity contribution in [1.29, 1.82) is 0 Å². The van der Waals surface area contributed by atoms with Crippen LogP contribution in [0.2, 0.25) is 0 Å². The molecule has 0 unspecified atom stereocenters. The zero-order valence-corrected chi connectivity index (χ0v) is 7.27. The molecule has 0 saturated heterocycles. The SMILES string of the molecule is O=c1cc(C(O)O)[nH]c2ccccc12. The Bertz CT molecular complexity index is 516. The monoisotopic (exact) mass is 191 g/mol. The molecule has 72 valence electrons. The molecule has 0 radical (unpaired) electrons. The van der Waals surface area contributed by atoms with E-state index in [-0.39, 0.29) is 11.1 Å². The van der Waals surface area contributed by atoms with Crippen LogP contribution in [-0.4, -0.2) is 15.2 Å². The number of nitrogens with one attached hydrogen (secondary N) is 1. The standard InChI is InChI=1S/C10H9NO3/c12-9-5-8(10(13)14)11-7-4-2-1-3-6(7)9/h1-5,10,13-14H,(H,11,12). The minimum atomic E-state index is -1.65. The molecule has 2 rings (SSSR count). The maximum Gasteiger partial charge on any atom is 0.194 e. The number of rotatable bonds is 1. The van der Waals surface area contributed by atoms with Crippen LogP contribution < -0.4 is 5.43 Å². The van der Waals surface area contributed by atoms with Crippen molar-refractivity contribution in [3.63, 3.8) is 0 Å². The zero-order chi connectivity index (χ0) is 10.1. The number of pyridine rings is 1. The Morgan fingerprint density at radius 3 is 2.64 bits per heavy atom. The molecule has 0 aliphatic rings. The predicted molar refractivity (Wildman–Crippen MR) is 51.7 cm³/mol. The number of hydrogen-bond donors (Lipinski definition) is 3.